The number of nitrogens with zero attached hydrogens (tertiary/aromatic N) is 4. The lowest BCUT2D eigenvalue weighted by Crippen LogP contribution is -2.46. The van der Waals surface area contributed by atoms with Gasteiger partial charge in [0.25, 0.3) is 5.91 Å². The first-order valence-electron chi connectivity index (χ1n) is 11.8. The molecule has 3 heterocycles. The fraction of sp³-hybridized carbons (Fsp3) is 0.370. The van der Waals surface area contributed by atoms with Gasteiger partial charge in [-0.05, 0) is 69.7 Å². The van der Waals surface area contributed by atoms with E-state index >= 15 is 0 Å². The molecule has 0 radical (unpaired) electrons. The Morgan fingerprint density at radius 3 is 2.74 bits per heavy atom. The van der Waals surface area contributed by atoms with E-state index in [4.69, 9.17) is 16.3 Å². The summed E-state index contributed by atoms with van der Waals surface area (Å²) in [5, 5.41) is 3.57. The first kappa shape index (κ1) is 24.0. The summed E-state index contributed by atoms with van der Waals surface area (Å²) in [6.07, 6.45) is 6.31. The number of carbonyl (C=O) groups excluding carboxylic acids is 1. The van der Waals surface area contributed by atoms with Crippen molar-refractivity contribution in [3.05, 3.63) is 58.2 Å². The zero-order valence-corrected chi connectivity index (χ0v) is 20.9. The smallest absolute Gasteiger partial charge is 0.263 e. The van der Waals surface area contributed by atoms with Gasteiger partial charge in [-0.25, -0.2) is 9.97 Å². The number of halogens is 1. The number of hydrogen-bond acceptors (Lipinski definition) is 5. The molecule has 4 rings (SSSR count). The van der Waals surface area contributed by atoms with Crippen LogP contribution in [-0.2, 0) is 4.79 Å². The van der Waals surface area contributed by atoms with Crippen LogP contribution >= 0.6 is 11.6 Å². The van der Waals surface area contributed by atoms with Gasteiger partial charge < -0.3 is 14.5 Å². The highest BCUT2D eigenvalue weighted by molar-refractivity contribution is 6.29. The first-order chi connectivity index (χ1) is 16.4. The average molecular weight is 479 g/mol. The summed E-state index contributed by atoms with van der Waals surface area (Å²) in [4.78, 5) is 26.7. The van der Waals surface area contributed by atoms with Crippen molar-refractivity contribution in [1.82, 2.24) is 14.9 Å². The topological polar surface area (TPSA) is 58.6 Å². The molecule has 0 spiro atoms. The largest absolute Gasteiger partial charge is 0.480 e. The Kier molecular flexibility index (Phi) is 7.37. The van der Waals surface area contributed by atoms with Crippen LogP contribution in [0.15, 0.2) is 42.6 Å². The van der Waals surface area contributed by atoms with Crippen LogP contribution in [0.5, 0.6) is 5.75 Å². The number of amides is 1. The second kappa shape index (κ2) is 10.4. The standard InChI is InChI=1S/C27H31ClN4O2/c1-5-20-12-14-29-26(21(20)6-2)31-15-13-18(3)32(17-16-31)27(33)19(4)34-24-9-7-8-23-22(24)10-11-25(28)30-23/h5-12,14,18-19H,13,15-17H2,1-4H3/b20-5-,21-6+. The Balaban J connectivity index is 1.52. The summed E-state index contributed by atoms with van der Waals surface area (Å²) in [7, 11) is 0. The minimum absolute atomic E-state index is 0.0147. The molecule has 2 aromatic heterocycles. The van der Waals surface area contributed by atoms with Gasteiger partial charge in [0.2, 0.25) is 0 Å². The molecule has 0 saturated carbocycles. The highest BCUT2D eigenvalue weighted by atomic mass is 35.5. The number of benzene rings is 1. The number of hydrogen-bond donors (Lipinski definition) is 0. The Hall–Kier alpha value is -3.12. The summed E-state index contributed by atoms with van der Waals surface area (Å²) in [5.74, 6) is 1.59. The number of carbonyl (C=O) groups is 1. The van der Waals surface area contributed by atoms with Crippen molar-refractivity contribution in [2.45, 2.75) is 46.3 Å². The third-order valence-electron chi connectivity index (χ3n) is 6.45. The third-order valence-corrected chi connectivity index (χ3v) is 6.66. The third kappa shape index (κ3) is 4.87. The highest BCUT2D eigenvalue weighted by Gasteiger charge is 2.30. The van der Waals surface area contributed by atoms with Crippen LogP contribution in [0, 0.1) is 0 Å². The number of fused-ring (bicyclic) bond motifs is 1. The van der Waals surface area contributed by atoms with Gasteiger partial charge >= 0.3 is 0 Å². The van der Waals surface area contributed by atoms with Crippen molar-refractivity contribution >= 4 is 46.4 Å². The molecule has 6 nitrogen and oxygen atoms in total. The molecule has 1 amide bonds. The van der Waals surface area contributed by atoms with Crippen molar-refractivity contribution < 1.29 is 9.53 Å². The number of anilines is 1. The van der Waals surface area contributed by atoms with Crippen molar-refractivity contribution in [2.75, 3.05) is 24.5 Å². The van der Waals surface area contributed by atoms with E-state index in [2.05, 4.69) is 33.9 Å². The second-order valence-electron chi connectivity index (χ2n) is 8.59. The molecule has 3 aromatic rings. The van der Waals surface area contributed by atoms with Crippen LogP contribution in [0.2, 0.25) is 5.15 Å². The Morgan fingerprint density at radius 2 is 1.97 bits per heavy atom. The van der Waals surface area contributed by atoms with Crippen LogP contribution in [0.1, 0.15) is 34.1 Å². The van der Waals surface area contributed by atoms with Gasteiger partial charge in [0.1, 0.15) is 16.7 Å². The molecule has 0 bridgehead atoms. The lowest BCUT2D eigenvalue weighted by atomic mass is 10.1. The molecule has 1 aliphatic heterocycles. The molecule has 178 valence electrons. The number of ether oxygens (including phenoxy) is 1. The Bertz CT molecular complexity index is 1310. The summed E-state index contributed by atoms with van der Waals surface area (Å²) in [6.45, 7) is 10.2. The number of rotatable bonds is 4. The molecular weight excluding hydrogens is 448 g/mol. The molecule has 0 aliphatic carbocycles. The number of pyridine rings is 2. The maximum Gasteiger partial charge on any atom is 0.263 e. The van der Waals surface area contributed by atoms with E-state index in [0.29, 0.717) is 17.4 Å². The molecule has 1 saturated heterocycles. The van der Waals surface area contributed by atoms with E-state index in [1.54, 1.807) is 6.07 Å². The van der Waals surface area contributed by atoms with Gasteiger partial charge in [-0.15, -0.1) is 0 Å². The monoisotopic (exact) mass is 478 g/mol. The minimum Gasteiger partial charge on any atom is -0.480 e. The van der Waals surface area contributed by atoms with Gasteiger partial charge in [-0.1, -0.05) is 29.8 Å². The lowest BCUT2D eigenvalue weighted by Gasteiger charge is -2.29. The number of aromatic nitrogens is 2. The maximum atomic E-state index is 13.4. The minimum atomic E-state index is -0.619. The SMILES string of the molecule is C/C=c1/ccnc(N2CCC(C)N(C(=O)C(C)Oc3cccc4nc(Cl)ccc34)CC2)/c1=C/C. The van der Waals surface area contributed by atoms with E-state index in [1.165, 1.54) is 5.22 Å². The molecule has 7 heteroatoms. The molecule has 1 aliphatic rings. The Morgan fingerprint density at radius 1 is 1.15 bits per heavy atom. The van der Waals surface area contributed by atoms with Gasteiger partial charge in [0.15, 0.2) is 6.10 Å². The van der Waals surface area contributed by atoms with Crippen LogP contribution in [0.25, 0.3) is 23.1 Å². The van der Waals surface area contributed by atoms with Crippen LogP contribution in [-0.4, -0.2) is 52.6 Å². The van der Waals surface area contributed by atoms with Crippen molar-refractivity contribution in [1.29, 1.82) is 0 Å². The molecule has 2 atom stereocenters. The summed E-state index contributed by atoms with van der Waals surface area (Å²) < 4.78 is 6.14. The molecule has 2 unspecified atom stereocenters. The summed E-state index contributed by atoms with van der Waals surface area (Å²) in [6, 6.07) is 11.4. The molecular formula is C27H31ClN4O2. The van der Waals surface area contributed by atoms with E-state index in [9.17, 15) is 4.79 Å². The molecule has 0 N–H and O–H groups in total. The molecule has 1 aromatic carbocycles. The highest BCUT2D eigenvalue weighted by Crippen LogP contribution is 2.27. The van der Waals surface area contributed by atoms with Crippen molar-refractivity contribution in [3.8, 4) is 5.75 Å². The van der Waals surface area contributed by atoms with Gasteiger partial charge in [0, 0.05) is 42.5 Å². The fourth-order valence-corrected chi connectivity index (χ4v) is 4.71. The van der Waals surface area contributed by atoms with Crippen LogP contribution in [0.3, 0.4) is 0 Å². The predicted molar refractivity (Wildman–Crippen MR) is 139 cm³/mol. The predicted octanol–water partition coefficient (Wildman–Crippen LogP) is 3.78. The van der Waals surface area contributed by atoms with Crippen molar-refractivity contribution in [2.24, 2.45) is 0 Å². The van der Waals surface area contributed by atoms with Gasteiger partial charge in [0.05, 0.1) is 5.52 Å². The lowest BCUT2D eigenvalue weighted by molar-refractivity contribution is -0.139. The van der Waals surface area contributed by atoms with E-state index in [1.807, 2.05) is 62.2 Å². The van der Waals surface area contributed by atoms with Gasteiger partial charge in [-0.2, -0.15) is 0 Å². The normalized spacial score (nSPS) is 18.8. The fourth-order valence-electron chi connectivity index (χ4n) is 4.55. The quantitative estimate of drug-likeness (QED) is 0.534. The van der Waals surface area contributed by atoms with E-state index in [-0.39, 0.29) is 11.9 Å². The summed E-state index contributed by atoms with van der Waals surface area (Å²) >= 11 is 6.03. The maximum absolute atomic E-state index is 13.4. The second-order valence-corrected chi connectivity index (χ2v) is 8.98. The zero-order chi connectivity index (χ0) is 24.2. The van der Waals surface area contributed by atoms with E-state index in [0.717, 1.165) is 41.4 Å². The summed E-state index contributed by atoms with van der Waals surface area (Å²) in [5.41, 5.74) is 0.742. The Labute approximate surface area is 205 Å². The molecule has 34 heavy (non-hydrogen) atoms. The van der Waals surface area contributed by atoms with Crippen LogP contribution < -0.4 is 20.1 Å². The van der Waals surface area contributed by atoms with E-state index < -0.39 is 6.10 Å². The average Bonchev–Trinajstić information content (AvgIpc) is 3.04. The van der Waals surface area contributed by atoms with Gasteiger partial charge in [-0.3, -0.25) is 4.79 Å². The first-order valence-corrected chi connectivity index (χ1v) is 12.2. The van der Waals surface area contributed by atoms with Crippen molar-refractivity contribution in [3.63, 3.8) is 0 Å². The van der Waals surface area contributed by atoms with Crippen LogP contribution in [0.4, 0.5) is 5.82 Å². The zero-order valence-electron chi connectivity index (χ0n) is 20.2. The molecule has 1 fully saturated rings.